The molecule has 0 aliphatic carbocycles. The Balaban J connectivity index is 2.38. The van der Waals surface area contributed by atoms with Gasteiger partial charge in [0.2, 0.25) is 0 Å². The summed E-state index contributed by atoms with van der Waals surface area (Å²) in [5.41, 5.74) is 2.52. The van der Waals surface area contributed by atoms with E-state index in [-0.39, 0.29) is 12.3 Å². The van der Waals surface area contributed by atoms with Crippen molar-refractivity contribution in [2.24, 2.45) is 5.84 Å². The van der Waals surface area contributed by atoms with Gasteiger partial charge in [-0.05, 0) is 0 Å². The molecule has 0 unspecified atom stereocenters. The standard InChI is InChI=1S/C5H7F3N4OS/c6-5(7,8)2-13-1-3-4(10-9)14-12-11-3/h10H,1-2,9H2. The van der Waals surface area contributed by atoms with Crippen LogP contribution in [0.4, 0.5) is 18.2 Å². The van der Waals surface area contributed by atoms with Gasteiger partial charge < -0.3 is 10.2 Å². The number of rotatable bonds is 4. The Morgan fingerprint density at radius 2 is 2.21 bits per heavy atom. The molecule has 0 aliphatic heterocycles. The molecule has 1 aromatic heterocycles. The van der Waals surface area contributed by atoms with E-state index in [2.05, 4.69) is 19.7 Å². The second-order valence-corrected chi connectivity index (χ2v) is 3.06. The highest BCUT2D eigenvalue weighted by molar-refractivity contribution is 7.10. The lowest BCUT2D eigenvalue weighted by atomic mass is 10.5. The van der Waals surface area contributed by atoms with Gasteiger partial charge in [-0.3, -0.25) is 0 Å². The Morgan fingerprint density at radius 1 is 1.50 bits per heavy atom. The van der Waals surface area contributed by atoms with Crippen molar-refractivity contribution in [1.29, 1.82) is 0 Å². The second-order valence-electron chi connectivity index (χ2n) is 2.30. The first-order chi connectivity index (χ1) is 6.53. The van der Waals surface area contributed by atoms with Gasteiger partial charge in [0.1, 0.15) is 17.3 Å². The van der Waals surface area contributed by atoms with E-state index in [1.165, 1.54) is 0 Å². The highest BCUT2D eigenvalue weighted by Crippen LogP contribution is 2.19. The average Bonchev–Trinajstić information content (AvgIpc) is 2.49. The van der Waals surface area contributed by atoms with E-state index in [0.717, 1.165) is 11.5 Å². The molecule has 3 N–H and O–H groups in total. The van der Waals surface area contributed by atoms with Gasteiger partial charge in [0.05, 0.1) is 6.61 Å². The number of nitrogens with two attached hydrogens (primary N) is 1. The minimum absolute atomic E-state index is 0.266. The number of ether oxygens (including phenoxy) is 1. The third-order valence-corrected chi connectivity index (χ3v) is 1.89. The molecule has 0 aromatic carbocycles. The Hall–Kier alpha value is -0.930. The van der Waals surface area contributed by atoms with Gasteiger partial charge in [-0.2, -0.15) is 13.2 Å². The number of alkyl halides is 3. The third-order valence-electron chi connectivity index (χ3n) is 1.19. The van der Waals surface area contributed by atoms with Crippen LogP contribution in [0, 0.1) is 0 Å². The van der Waals surface area contributed by atoms with E-state index in [4.69, 9.17) is 5.84 Å². The summed E-state index contributed by atoms with van der Waals surface area (Å²) in [7, 11) is 0. The van der Waals surface area contributed by atoms with Gasteiger partial charge in [0.25, 0.3) is 0 Å². The molecule has 5 nitrogen and oxygen atoms in total. The SMILES string of the molecule is NNc1snnc1COCC(F)(F)F. The van der Waals surface area contributed by atoms with Crippen LogP contribution in [0.3, 0.4) is 0 Å². The van der Waals surface area contributed by atoms with Crippen LogP contribution in [0.25, 0.3) is 0 Å². The Morgan fingerprint density at radius 3 is 2.79 bits per heavy atom. The fourth-order valence-corrected chi connectivity index (χ4v) is 1.15. The van der Waals surface area contributed by atoms with Crippen LogP contribution in [0.15, 0.2) is 0 Å². The summed E-state index contributed by atoms with van der Waals surface area (Å²) in [4.78, 5) is 0. The van der Waals surface area contributed by atoms with Crippen molar-refractivity contribution in [2.45, 2.75) is 12.8 Å². The van der Waals surface area contributed by atoms with Gasteiger partial charge in [0.15, 0.2) is 0 Å². The first-order valence-electron chi connectivity index (χ1n) is 3.45. The number of hydrogen-bond donors (Lipinski definition) is 2. The maximum absolute atomic E-state index is 11.7. The predicted molar refractivity (Wildman–Crippen MR) is 43.4 cm³/mol. The van der Waals surface area contributed by atoms with Crippen molar-refractivity contribution in [3.63, 3.8) is 0 Å². The number of nitrogen functional groups attached to an aromatic ring is 1. The van der Waals surface area contributed by atoms with E-state index in [0.29, 0.717) is 5.00 Å². The minimum atomic E-state index is -4.33. The number of halogens is 3. The summed E-state index contributed by atoms with van der Waals surface area (Å²) in [5.74, 6) is 5.06. The maximum Gasteiger partial charge on any atom is 0.411 e. The zero-order valence-corrected chi connectivity index (χ0v) is 7.65. The number of hydrazine groups is 1. The topological polar surface area (TPSA) is 73.1 Å². The van der Waals surface area contributed by atoms with Crippen molar-refractivity contribution in [3.8, 4) is 0 Å². The van der Waals surface area contributed by atoms with Gasteiger partial charge in [-0.15, -0.1) is 5.10 Å². The van der Waals surface area contributed by atoms with Crippen LogP contribution in [0.2, 0.25) is 0 Å². The number of anilines is 1. The number of nitrogens with zero attached hydrogens (tertiary/aromatic N) is 2. The lowest BCUT2D eigenvalue weighted by molar-refractivity contribution is -0.176. The van der Waals surface area contributed by atoms with E-state index in [9.17, 15) is 13.2 Å². The van der Waals surface area contributed by atoms with Crippen LogP contribution in [-0.4, -0.2) is 22.4 Å². The van der Waals surface area contributed by atoms with Crippen LogP contribution in [0.1, 0.15) is 5.69 Å². The molecule has 1 rings (SSSR count). The summed E-state index contributed by atoms with van der Waals surface area (Å²) in [6.45, 7) is -1.58. The molecule has 0 atom stereocenters. The number of nitrogens with one attached hydrogen (secondary N) is 1. The third kappa shape index (κ3) is 3.44. The van der Waals surface area contributed by atoms with Crippen LogP contribution in [0.5, 0.6) is 0 Å². The normalized spacial score (nSPS) is 11.7. The largest absolute Gasteiger partial charge is 0.411 e. The number of aromatic nitrogens is 2. The molecular formula is C5H7F3N4OS. The molecule has 0 fully saturated rings. The summed E-state index contributed by atoms with van der Waals surface area (Å²) in [5, 5.41) is 3.94. The first-order valence-corrected chi connectivity index (χ1v) is 4.22. The fourth-order valence-electron chi connectivity index (χ4n) is 0.676. The smallest absolute Gasteiger partial charge is 0.366 e. The highest BCUT2D eigenvalue weighted by atomic mass is 32.1. The fraction of sp³-hybridized carbons (Fsp3) is 0.600. The van der Waals surface area contributed by atoms with E-state index in [1.54, 1.807) is 0 Å². The zero-order chi connectivity index (χ0) is 10.6. The molecule has 1 heterocycles. The van der Waals surface area contributed by atoms with Crippen molar-refractivity contribution >= 4 is 16.5 Å². The van der Waals surface area contributed by atoms with Crippen molar-refractivity contribution < 1.29 is 17.9 Å². The van der Waals surface area contributed by atoms with Crippen LogP contribution in [-0.2, 0) is 11.3 Å². The molecule has 0 saturated heterocycles. The lowest BCUT2D eigenvalue weighted by Crippen LogP contribution is -2.17. The molecule has 0 radical (unpaired) electrons. The Labute approximate surface area is 81.2 Å². The molecular weight excluding hydrogens is 221 g/mol. The van der Waals surface area contributed by atoms with Gasteiger partial charge >= 0.3 is 6.18 Å². The molecule has 0 amide bonds. The quantitative estimate of drug-likeness (QED) is 0.591. The molecule has 1 aromatic rings. The average molecular weight is 228 g/mol. The molecule has 0 saturated carbocycles. The maximum atomic E-state index is 11.7. The minimum Gasteiger partial charge on any atom is -0.366 e. The molecule has 0 bridgehead atoms. The van der Waals surface area contributed by atoms with Crippen LogP contribution >= 0.6 is 11.5 Å². The Bertz CT molecular complexity index is 289. The lowest BCUT2D eigenvalue weighted by Gasteiger charge is -2.06. The van der Waals surface area contributed by atoms with Crippen LogP contribution < -0.4 is 11.3 Å². The molecule has 9 heteroatoms. The summed E-state index contributed by atoms with van der Waals surface area (Å²) >= 11 is 0.949. The highest BCUT2D eigenvalue weighted by Gasteiger charge is 2.27. The van der Waals surface area contributed by atoms with Crippen molar-refractivity contribution in [3.05, 3.63) is 5.69 Å². The van der Waals surface area contributed by atoms with Gasteiger partial charge in [0, 0.05) is 11.5 Å². The van der Waals surface area contributed by atoms with E-state index < -0.39 is 12.8 Å². The molecule has 0 aliphatic rings. The molecule has 14 heavy (non-hydrogen) atoms. The van der Waals surface area contributed by atoms with E-state index >= 15 is 0 Å². The second kappa shape index (κ2) is 4.53. The van der Waals surface area contributed by atoms with Gasteiger partial charge in [-0.1, -0.05) is 4.49 Å². The molecule has 80 valence electrons. The summed E-state index contributed by atoms with van der Waals surface area (Å²) in [6, 6.07) is 0. The zero-order valence-electron chi connectivity index (χ0n) is 6.84. The van der Waals surface area contributed by atoms with Gasteiger partial charge in [-0.25, -0.2) is 5.84 Å². The van der Waals surface area contributed by atoms with Crippen molar-refractivity contribution in [2.75, 3.05) is 12.0 Å². The summed E-state index contributed by atoms with van der Waals surface area (Å²) in [6.07, 6.45) is -4.33. The predicted octanol–water partition coefficient (Wildman–Crippen LogP) is 0.903. The first kappa shape index (κ1) is 11.1. The molecule has 0 spiro atoms. The monoisotopic (exact) mass is 228 g/mol. The summed E-state index contributed by atoms with van der Waals surface area (Å²) < 4.78 is 42.9. The number of hydrogen-bond acceptors (Lipinski definition) is 6. The Kier molecular flexibility index (Phi) is 3.61. The van der Waals surface area contributed by atoms with Crippen molar-refractivity contribution in [1.82, 2.24) is 9.59 Å². The van der Waals surface area contributed by atoms with E-state index in [1.807, 2.05) is 0 Å².